The van der Waals surface area contributed by atoms with Crippen LogP contribution in [0.2, 0.25) is 5.02 Å². The molecule has 0 unspecified atom stereocenters. The van der Waals surface area contributed by atoms with Gasteiger partial charge in [-0.2, -0.15) is 0 Å². The number of nitrogens with two attached hydrogens (primary N) is 1. The van der Waals surface area contributed by atoms with Crippen molar-refractivity contribution >= 4 is 67.2 Å². The molecule has 2 rings (SSSR count). The zero-order chi connectivity index (χ0) is 13.3. The van der Waals surface area contributed by atoms with Crippen LogP contribution in [-0.2, 0) is 0 Å². The summed E-state index contributed by atoms with van der Waals surface area (Å²) >= 11 is 11.9. The van der Waals surface area contributed by atoms with E-state index in [2.05, 4.69) is 43.8 Å². The van der Waals surface area contributed by atoms with Crippen LogP contribution in [0.5, 0.6) is 0 Å². The summed E-state index contributed by atoms with van der Waals surface area (Å²) in [6.45, 7) is 1.98. The van der Waals surface area contributed by atoms with Gasteiger partial charge in [0.2, 0.25) is 0 Å². The van der Waals surface area contributed by atoms with Gasteiger partial charge in [-0.3, -0.25) is 0 Å². The number of anilines is 3. The first-order chi connectivity index (χ1) is 8.47. The highest BCUT2D eigenvalue weighted by Gasteiger charge is 2.06. The lowest BCUT2D eigenvalue weighted by molar-refractivity contribution is 1.43. The number of hydrogen-bond acceptors (Lipinski definition) is 2. The number of rotatable bonds is 2. The number of hydrogen-bond donors (Lipinski definition) is 2. The largest absolute Gasteiger partial charge is 0.398 e. The van der Waals surface area contributed by atoms with E-state index in [-0.39, 0.29) is 0 Å². The van der Waals surface area contributed by atoms with Crippen molar-refractivity contribution in [2.45, 2.75) is 6.92 Å². The minimum absolute atomic E-state index is 0.691. The van der Waals surface area contributed by atoms with Crippen molar-refractivity contribution in [1.82, 2.24) is 0 Å². The van der Waals surface area contributed by atoms with Crippen molar-refractivity contribution in [3.63, 3.8) is 0 Å². The first kappa shape index (κ1) is 14.0. The standard InChI is InChI=1S/C13H11BrClIN2/c1-7-4-12(9(14)6-11(7)17)18-13-5-8(16)2-3-10(13)15/h2-6,18H,17H2,1H3. The Morgan fingerprint density at radius 2 is 1.94 bits per heavy atom. The molecule has 0 aliphatic rings. The highest BCUT2D eigenvalue weighted by molar-refractivity contribution is 14.1. The second kappa shape index (κ2) is 5.67. The van der Waals surface area contributed by atoms with E-state index in [1.165, 1.54) is 0 Å². The van der Waals surface area contributed by atoms with Crippen molar-refractivity contribution < 1.29 is 0 Å². The molecule has 0 radical (unpaired) electrons. The Kier molecular flexibility index (Phi) is 4.40. The maximum absolute atomic E-state index is 6.16. The van der Waals surface area contributed by atoms with E-state index < -0.39 is 0 Å². The van der Waals surface area contributed by atoms with Gasteiger partial charge in [-0.15, -0.1) is 0 Å². The lowest BCUT2D eigenvalue weighted by Gasteiger charge is -2.12. The van der Waals surface area contributed by atoms with Crippen LogP contribution < -0.4 is 11.1 Å². The minimum atomic E-state index is 0.691. The molecule has 0 fully saturated rings. The van der Waals surface area contributed by atoms with E-state index in [9.17, 15) is 0 Å². The third-order valence-corrected chi connectivity index (χ3v) is 4.21. The van der Waals surface area contributed by atoms with Gasteiger partial charge in [0.05, 0.1) is 16.4 Å². The molecule has 2 aromatic rings. The molecule has 3 N–H and O–H groups in total. The molecule has 0 aliphatic heterocycles. The first-order valence-electron chi connectivity index (χ1n) is 5.25. The number of benzene rings is 2. The molecule has 0 aromatic heterocycles. The summed E-state index contributed by atoms with van der Waals surface area (Å²) in [7, 11) is 0. The SMILES string of the molecule is Cc1cc(Nc2cc(I)ccc2Cl)c(Br)cc1N. The predicted octanol–water partition coefficient (Wildman–Crippen LogP) is 5.34. The van der Waals surface area contributed by atoms with Crippen molar-refractivity contribution in [2.75, 3.05) is 11.1 Å². The zero-order valence-electron chi connectivity index (χ0n) is 9.60. The number of halogens is 3. The fourth-order valence-electron chi connectivity index (χ4n) is 1.53. The van der Waals surface area contributed by atoms with Crippen LogP contribution in [-0.4, -0.2) is 0 Å². The van der Waals surface area contributed by atoms with Crippen LogP contribution in [0, 0.1) is 10.5 Å². The van der Waals surface area contributed by atoms with Gasteiger partial charge in [0.25, 0.3) is 0 Å². The summed E-state index contributed by atoms with van der Waals surface area (Å²) in [5.41, 5.74) is 9.48. The van der Waals surface area contributed by atoms with Crippen LogP contribution >= 0.6 is 50.1 Å². The summed E-state index contributed by atoms with van der Waals surface area (Å²) < 4.78 is 2.04. The van der Waals surface area contributed by atoms with Crippen LogP contribution in [0.4, 0.5) is 17.1 Å². The summed E-state index contributed by atoms with van der Waals surface area (Å²) in [6.07, 6.45) is 0. The second-order valence-corrected chi connectivity index (χ2v) is 6.44. The molecule has 0 atom stereocenters. The smallest absolute Gasteiger partial charge is 0.0641 e. The van der Waals surface area contributed by atoms with Gasteiger partial charge >= 0.3 is 0 Å². The Balaban J connectivity index is 2.40. The quantitative estimate of drug-likeness (QED) is 0.492. The lowest BCUT2D eigenvalue weighted by Crippen LogP contribution is -1.96. The molecule has 5 heteroatoms. The third kappa shape index (κ3) is 3.10. The molecule has 0 saturated carbocycles. The van der Waals surface area contributed by atoms with E-state index in [0.717, 1.165) is 30.7 Å². The molecule has 2 nitrogen and oxygen atoms in total. The summed E-state index contributed by atoms with van der Waals surface area (Å²) in [6, 6.07) is 9.73. The molecule has 94 valence electrons. The van der Waals surface area contributed by atoms with E-state index in [1.807, 2.05) is 37.3 Å². The van der Waals surface area contributed by atoms with Crippen molar-refractivity contribution in [2.24, 2.45) is 0 Å². The maximum atomic E-state index is 6.16. The fourth-order valence-corrected chi connectivity index (χ4v) is 2.65. The average Bonchev–Trinajstić information content (AvgIpc) is 2.30. The van der Waals surface area contributed by atoms with Gasteiger partial charge in [-0.1, -0.05) is 11.6 Å². The zero-order valence-corrected chi connectivity index (χ0v) is 14.1. The molecule has 0 amide bonds. The highest BCUT2D eigenvalue weighted by atomic mass is 127. The molecule has 18 heavy (non-hydrogen) atoms. The highest BCUT2D eigenvalue weighted by Crippen LogP contribution is 2.33. The molecule has 2 aromatic carbocycles. The van der Waals surface area contributed by atoms with Crippen molar-refractivity contribution in [1.29, 1.82) is 0 Å². The second-order valence-electron chi connectivity index (χ2n) is 3.94. The van der Waals surface area contributed by atoms with E-state index >= 15 is 0 Å². The lowest BCUT2D eigenvalue weighted by atomic mass is 10.2. The first-order valence-corrected chi connectivity index (χ1v) is 7.50. The van der Waals surface area contributed by atoms with Crippen LogP contribution in [0.15, 0.2) is 34.8 Å². The fraction of sp³-hybridized carbons (Fsp3) is 0.0769. The Morgan fingerprint density at radius 1 is 1.22 bits per heavy atom. The Morgan fingerprint density at radius 3 is 2.67 bits per heavy atom. The number of nitrogen functional groups attached to an aromatic ring is 1. The summed E-state index contributed by atoms with van der Waals surface area (Å²) in [4.78, 5) is 0. The molecular formula is C13H11BrClIN2. The van der Waals surface area contributed by atoms with Gasteiger partial charge in [0.1, 0.15) is 0 Å². The van der Waals surface area contributed by atoms with Gasteiger partial charge in [0.15, 0.2) is 0 Å². The van der Waals surface area contributed by atoms with Gasteiger partial charge in [-0.05, 0) is 81.3 Å². The Hall–Kier alpha value is -0.460. The van der Waals surface area contributed by atoms with E-state index in [1.54, 1.807) is 0 Å². The van der Waals surface area contributed by atoms with Crippen LogP contribution in [0.25, 0.3) is 0 Å². The molecule has 0 heterocycles. The molecule has 0 saturated heterocycles. The van der Waals surface area contributed by atoms with Crippen LogP contribution in [0.3, 0.4) is 0 Å². The van der Waals surface area contributed by atoms with E-state index in [4.69, 9.17) is 17.3 Å². The minimum Gasteiger partial charge on any atom is -0.398 e. The number of nitrogens with one attached hydrogen (secondary N) is 1. The Bertz CT molecular complexity index is 602. The van der Waals surface area contributed by atoms with Crippen LogP contribution in [0.1, 0.15) is 5.56 Å². The topological polar surface area (TPSA) is 38.0 Å². The van der Waals surface area contributed by atoms with Gasteiger partial charge in [-0.25, -0.2) is 0 Å². The van der Waals surface area contributed by atoms with Crippen molar-refractivity contribution in [3.05, 3.63) is 49.0 Å². The molecular weight excluding hydrogens is 426 g/mol. The maximum Gasteiger partial charge on any atom is 0.0641 e. The summed E-state index contributed by atoms with van der Waals surface area (Å²) in [5.74, 6) is 0. The molecule has 0 bridgehead atoms. The molecule has 0 spiro atoms. The monoisotopic (exact) mass is 436 g/mol. The van der Waals surface area contributed by atoms with E-state index in [0.29, 0.717) is 5.02 Å². The predicted molar refractivity (Wildman–Crippen MR) is 90.7 cm³/mol. The molecule has 0 aliphatic carbocycles. The third-order valence-electron chi connectivity index (χ3n) is 2.55. The normalized spacial score (nSPS) is 10.4. The van der Waals surface area contributed by atoms with Crippen molar-refractivity contribution in [3.8, 4) is 0 Å². The van der Waals surface area contributed by atoms with Gasteiger partial charge in [0, 0.05) is 13.7 Å². The summed E-state index contributed by atoms with van der Waals surface area (Å²) in [5, 5.41) is 4.00. The average molecular weight is 438 g/mol. The van der Waals surface area contributed by atoms with Gasteiger partial charge < -0.3 is 11.1 Å². The Labute approximate surface area is 133 Å². The number of aryl methyl sites for hydroxylation is 1.